The van der Waals surface area contributed by atoms with Crippen molar-refractivity contribution >= 4 is 11.9 Å². The van der Waals surface area contributed by atoms with Crippen LogP contribution in [0.3, 0.4) is 0 Å². The number of carbonyl (C=O) groups excluding carboxylic acids is 2. The average Bonchev–Trinajstić information content (AvgIpc) is 3.21. The Bertz CT molecular complexity index is 364. The SMILES string of the molecule is O=C(NCC1CC(=O)N(C2CC2)C1)N1CCOCC1. The van der Waals surface area contributed by atoms with Crippen molar-refractivity contribution in [2.24, 2.45) is 5.92 Å². The van der Waals surface area contributed by atoms with E-state index in [-0.39, 0.29) is 17.9 Å². The highest BCUT2D eigenvalue weighted by atomic mass is 16.5. The molecular weight excluding hydrogens is 246 g/mol. The van der Waals surface area contributed by atoms with Crippen LogP contribution in [0.15, 0.2) is 0 Å². The summed E-state index contributed by atoms with van der Waals surface area (Å²) in [5.41, 5.74) is 0. The number of carbonyl (C=O) groups is 2. The summed E-state index contributed by atoms with van der Waals surface area (Å²) in [7, 11) is 0. The third-order valence-corrected chi connectivity index (χ3v) is 4.07. The van der Waals surface area contributed by atoms with Crippen LogP contribution in [0.5, 0.6) is 0 Å². The molecule has 0 aromatic rings. The van der Waals surface area contributed by atoms with Crippen LogP contribution in [0, 0.1) is 5.92 Å². The lowest BCUT2D eigenvalue weighted by Gasteiger charge is -2.27. The molecule has 1 saturated carbocycles. The molecule has 3 aliphatic rings. The lowest BCUT2D eigenvalue weighted by atomic mass is 10.1. The first-order valence-electron chi connectivity index (χ1n) is 7.14. The molecular formula is C13H21N3O3. The summed E-state index contributed by atoms with van der Waals surface area (Å²) in [5.74, 6) is 0.534. The van der Waals surface area contributed by atoms with Gasteiger partial charge in [-0.05, 0) is 12.8 Å². The van der Waals surface area contributed by atoms with E-state index in [1.807, 2.05) is 4.90 Å². The van der Waals surface area contributed by atoms with Gasteiger partial charge in [0.2, 0.25) is 5.91 Å². The van der Waals surface area contributed by atoms with Crippen molar-refractivity contribution in [3.05, 3.63) is 0 Å². The standard InChI is InChI=1S/C13H21N3O3/c17-12-7-10(9-16(12)11-1-2-11)8-14-13(18)15-3-5-19-6-4-15/h10-11H,1-9H2,(H,14,18). The Balaban J connectivity index is 1.42. The minimum Gasteiger partial charge on any atom is -0.378 e. The van der Waals surface area contributed by atoms with Crippen LogP contribution in [-0.4, -0.2) is 67.2 Å². The smallest absolute Gasteiger partial charge is 0.317 e. The molecule has 0 radical (unpaired) electrons. The van der Waals surface area contributed by atoms with Crippen molar-refractivity contribution in [1.82, 2.24) is 15.1 Å². The normalized spacial score (nSPS) is 27.8. The molecule has 0 aromatic carbocycles. The zero-order valence-electron chi connectivity index (χ0n) is 11.1. The first-order valence-corrected chi connectivity index (χ1v) is 7.14. The van der Waals surface area contributed by atoms with Crippen LogP contribution in [0.1, 0.15) is 19.3 Å². The molecule has 2 aliphatic heterocycles. The quantitative estimate of drug-likeness (QED) is 0.785. The van der Waals surface area contributed by atoms with Crippen LogP contribution in [0.2, 0.25) is 0 Å². The Morgan fingerprint density at radius 1 is 1.32 bits per heavy atom. The van der Waals surface area contributed by atoms with Crippen molar-refractivity contribution in [1.29, 1.82) is 0 Å². The van der Waals surface area contributed by atoms with E-state index in [1.54, 1.807) is 4.90 Å². The van der Waals surface area contributed by atoms with Crippen molar-refractivity contribution in [2.45, 2.75) is 25.3 Å². The van der Waals surface area contributed by atoms with Crippen molar-refractivity contribution in [3.8, 4) is 0 Å². The highest BCUT2D eigenvalue weighted by Crippen LogP contribution is 2.32. The number of urea groups is 1. The third kappa shape index (κ3) is 3.00. The number of rotatable bonds is 3. The van der Waals surface area contributed by atoms with E-state index in [0.717, 1.165) is 19.4 Å². The first-order chi connectivity index (χ1) is 9.24. The molecule has 3 amide bonds. The molecule has 1 N–H and O–H groups in total. The molecule has 2 heterocycles. The van der Waals surface area contributed by atoms with Gasteiger partial charge in [-0.25, -0.2) is 4.79 Å². The second kappa shape index (κ2) is 5.36. The fourth-order valence-corrected chi connectivity index (χ4v) is 2.79. The molecule has 0 bridgehead atoms. The predicted molar refractivity (Wildman–Crippen MR) is 68.6 cm³/mol. The Morgan fingerprint density at radius 2 is 2.05 bits per heavy atom. The predicted octanol–water partition coefficient (Wildman–Crippen LogP) is 0.0391. The lowest BCUT2D eigenvalue weighted by Crippen LogP contribution is -2.47. The largest absolute Gasteiger partial charge is 0.378 e. The molecule has 6 nitrogen and oxygen atoms in total. The van der Waals surface area contributed by atoms with Crippen LogP contribution in [0.4, 0.5) is 4.79 Å². The van der Waals surface area contributed by atoms with Gasteiger partial charge in [0.15, 0.2) is 0 Å². The summed E-state index contributed by atoms with van der Waals surface area (Å²) in [4.78, 5) is 27.5. The van der Waals surface area contributed by atoms with Crippen LogP contribution in [-0.2, 0) is 9.53 Å². The monoisotopic (exact) mass is 267 g/mol. The van der Waals surface area contributed by atoms with Crippen LogP contribution < -0.4 is 5.32 Å². The minimum absolute atomic E-state index is 0.0272. The number of ether oxygens (including phenoxy) is 1. The van der Waals surface area contributed by atoms with Gasteiger partial charge >= 0.3 is 6.03 Å². The fourth-order valence-electron chi connectivity index (χ4n) is 2.79. The molecule has 3 rings (SSSR count). The van der Waals surface area contributed by atoms with Gasteiger partial charge in [0, 0.05) is 44.6 Å². The number of amides is 3. The maximum atomic E-state index is 11.9. The first kappa shape index (κ1) is 12.7. The summed E-state index contributed by atoms with van der Waals surface area (Å²) >= 11 is 0. The van der Waals surface area contributed by atoms with Gasteiger partial charge in [-0.2, -0.15) is 0 Å². The Labute approximate surface area is 113 Å². The van der Waals surface area contributed by atoms with E-state index in [4.69, 9.17) is 4.74 Å². The molecule has 0 aromatic heterocycles. The highest BCUT2D eigenvalue weighted by molar-refractivity contribution is 5.79. The summed E-state index contributed by atoms with van der Waals surface area (Å²) < 4.78 is 5.22. The topological polar surface area (TPSA) is 61.9 Å². The van der Waals surface area contributed by atoms with E-state index in [0.29, 0.717) is 45.3 Å². The van der Waals surface area contributed by atoms with Gasteiger partial charge in [0.25, 0.3) is 0 Å². The van der Waals surface area contributed by atoms with Crippen molar-refractivity contribution < 1.29 is 14.3 Å². The number of morpholine rings is 1. The van der Waals surface area contributed by atoms with Gasteiger partial charge in [-0.15, -0.1) is 0 Å². The molecule has 1 atom stereocenters. The summed E-state index contributed by atoms with van der Waals surface area (Å²) in [6.07, 6.45) is 2.89. The number of likely N-dealkylation sites (tertiary alicyclic amines) is 1. The molecule has 19 heavy (non-hydrogen) atoms. The van der Waals surface area contributed by atoms with Gasteiger partial charge in [-0.3, -0.25) is 4.79 Å². The van der Waals surface area contributed by atoms with E-state index in [2.05, 4.69) is 5.32 Å². The second-order valence-electron chi connectivity index (χ2n) is 5.63. The molecule has 1 aliphatic carbocycles. The molecule has 0 spiro atoms. The van der Waals surface area contributed by atoms with E-state index in [1.165, 1.54) is 0 Å². The van der Waals surface area contributed by atoms with Gasteiger partial charge in [0.05, 0.1) is 13.2 Å². The molecule has 106 valence electrons. The maximum Gasteiger partial charge on any atom is 0.317 e. The maximum absolute atomic E-state index is 11.9. The number of hydrogen-bond acceptors (Lipinski definition) is 3. The Hall–Kier alpha value is -1.30. The second-order valence-corrected chi connectivity index (χ2v) is 5.63. The summed E-state index contributed by atoms with van der Waals surface area (Å²) in [5, 5.41) is 2.95. The van der Waals surface area contributed by atoms with E-state index >= 15 is 0 Å². The molecule has 6 heteroatoms. The van der Waals surface area contributed by atoms with Crippen LogP contribution in [0.25, 0.3) is 0 Å². The van der Waals surface area contributed by atoms with Gasteiger partial charge in [0.1, 0.15) is 0 Å². The van der Waals surface area contributed by atoms with E-state index < -0.39 is 0 Å². The zero-order chi connectivity index (χ0) is 13.2. The fraction of sp³-hybridized carbons (Fsp3) is 0.846. The van der Waals surface area contributed by atoms with E-state index in [9.17, 15) is 9.59 Å². The zero-order valence-corrected chi connectivity index (χ0v) is 11.1. The third-order valence-electron chi connectivity index (χ3n) is 4.07. The Morgan fingerprint density at radius 3 is 2.74 bits per heavy atom. The summed E-state index contributed by atoms with van der Waals surface area (Å²) in [6.45, 7) is 3.96. The van der Waals surface area contributed by atoms with Crippen LogP contribution >= 0.6 is 0 Å². The average molecular weight is 267 g/mol. The number of nitrogens with zero attached hydrogens (tertiary/aromatic N) is 2. The van der Waals surface area contributed by atoms with Gasteiger partial charge < -0.3 is 19.9 Å². The molecule has 2 saturated heterocycles. The summed E-state index contributed by atoms with van der Waals surface area (Å²) in [6, 6.07) is 0.466. The van der Waals surface area contributed by atoms with Gasteiger partial charge in [-0.1, -0.05) is 0 Å². The molecule has 1 unspecified atom stereocenters. The lowest BCUT2D eigenvalue weighted by molar-refractivity contribution is -0.128. The Kier molecular flexibility index (Phi) is 3.59. The number of hydrogen-bond donors (Lipinski definition) is 1. The van der Waals surface area contributed by atoms with Crippen molar-refractivity contribution in [2.75, 3.05) is 39.4 Å². The van der Waals surface area contributed by atoms with Crippen molar-refractivity contribution in [3.63, 3.8) is 0 Å². The minimum atomic E-state index is -0.0272. The highest BCUT2D eigenvalue weighted by Gasteiger charge is 2.39. The number of nitrogens with one attached hydrogen (secondary N) is 1. The molecule has 3 fully saturated rings.